The molecule has 0 aliphatic heterocycles. The summed E-state index contributed by atoms with van der Waals surface area (Å²) in [6, 6.07) is 5.00. The van der Waals surface area contributed by atoms with Crippen molar-refractivity contribution in [1.82, 2.24) is 14.5 Å². The minimum absolute atomic E-state index is 0.136. The molecule has 144 valence electrons. The van der Waals surface area contributed by atoms with E-state index in [2.05, 4.69) is 15.3 Å². The largest absolute Gasteiger partial charge is 0.474 e. The Kier molecular flexibility index (Phi) is 3.82. The van der Waals surface area contributed by atoms with E-state index >= 15 is 0 Å². The second-order valence-electron chi connectivity index (χ2n) is 7.39. The quantitative estimate of drug-likeness (QED) is 0.730. The summed E-state index contributed by atoms with van der Waals surface area (Å²) in [5.41, 5.74) is 2.10. The number of alkyl halides is 1. The summed E-state index contributed by atoms with van der Waals surface area (Å²) < 4.78 is 34.6. The molecule has 0 saturated heterocycles. The number of fused-ring (bicyclic) bond motifs is 1. The molecule has 0 bridgehead atoms. The van der Waals surface area contributed by atoms with Crippen molar-refractivity contribution in [3.63, 3.8) is 0 Å². The molecule has 6 nitrogen and oxygen atoms in total. The molecule has 8 heteroatoms. The summed E-state index contributed by atoms with van der Waals surface area (Å²) in [5.74, 6) is -0.617. The standard InChI is InChI=1S/C20H18F2N4O2/c1-26-16(14-6-11(21)8-24-20(14)28-12-2-3-12)4-10-5-18(23-9-17(10)26)25-19(27)13-7-15(13)22/h4-6,8-9,12-13,15H,2-3,7H2,1H3,(H,23,25,27)/t13-,15+/m1/s1. The van der Waals surface area contributed by atoms with E-state index in [1.54, 1.807) is 12.3 Å². The van der Waals surface area contributed by atoms with Crippen molar-refractivity contribution in [2.45, 2.75) is 31.5 Å². The molecule has 1 N–H and O–H groups in total. The van der Waals surface area contributed by atoms with Gasteiger partial charge in [0, 0.05) is 12.4 Å². The van der Waals surface area contributed by atoms with Gasteiger partial charge < -0.3 is 14.6 Å². The topological polar surface area (TPSA) is 69.0 Å². The minimum Gasteiger partial charge on any atom is -0.474 e. The number of rotatable bonds is 5. The van der Waals surface area contributed by atoms with Gasteiger partial charge in [-0.1, -0.05) is 0 Å². The summed E-state index contributed by atoms with van der Waals surface area (Å²) in [7, 11) is 1.85. The fourth-order valence-electron chi connectivity index (χ4n) is 3.26. The lowest BCUT2D eigenvalue weighted by Gasteiger charge is -2.11. The summed E-state index contributed by atoms with van der Waals surface area (Å²) in [5, 5.41) is 3.47. The first-order valence-electron chi connectivity index (χ1n) is 9.22. The number of pyridine rings is 2. The molecule has 0 unspecified atom stereocenters. The van der Waals surface area contributed by atoms with Gasteiger partial charge in [-0.2, -0.15) is 0 Å². The van der Waals surface area contributed by atoms with Crippen LogP contribution in [0, 0.1) is 11.7 Å². The third kappa shape index (κ3) is 3.08. The summed E-state index contributed by atoms with van der Waals surface area (Å²) in [6.07, 6.45) is 4.06. The Morgan fingerprint density at radius 2 is 2.04 bits per heavy atom. The van der Waals surface area contributed by atoms with Gasteiger partial charge in [0.15, 0.2) is 0 Å². The highest BCUT2D eigenvalue weighted by molar-refractivity contribution is 5.96. The molecule has 2 fully saturated rings. The van der Waals surface area contributed by atoms with E-state index in [9.17, 15) is 13.6 Å². The predicted molar refractivity (Wildman–Crippen MR) is 99.2 cm³/mol. The summed E-state index contributed by atoms with van der Waals surface area (Å²) in [6.45, 7) is 0. The minimum atomic E-state index is -1.06. The van der Waals surface area contributed by atoms with Crippen LogP contribution < -0.4 is 10.1 Å². The average Bonchev–Trinajstić information content (AvgIpc) is 3.58. The fourth-order valence-corrected chi connectivity index (χ4v) is 3.26. The van der Waals surface area contributed by atoms with Gasteiger partial charge in [0.1, 0.15) is 23.9 Å². The van der Waals surface area contributed by atoms with Crippen LogP contribution >= 0.6 is 0 Å². The number of nitrogens with zero attached hydrogens (tertiary/aromatic N) is 3. The predicted octanol–water partition coefficient (Wildman–Crippen LogP) is 3.61. The molecule has 1 amide bonds. The third-order valence-electron chi connectivity index (χ3n) is 5.13. The summed E-state index contributed by atoms with van der Waals surface area (Å²) in [4.78, 5) is 20.3. The molecule has 3 heterocycles. The first-order chi connectivity index (χ1) is 13.5. The van der Waals surface area contributed by atoms with Crippen LogP contribution in [0.25, 0.3) is 22.2 Å². The number of aryl methyl sites for hydroxylation is 1. The molecule has 2 aliphatic rings. The van der Waals surface area contributed by atoms with Gasteiger partial charge in [0.2, 0.25) is 11.8 Å². The maximum absolute atomic E-state index is 13.9. The van der Waals surface area contributed by atoms with E-state index in [4.69, 9.17) is 4.74 Å². The molecule has 3 aromatic rings. The van der Waals surface area contributed by atoms with Crippen LogP contribution in [0.1, 0.15) is 19.3 Å². The van der Waals surface area contributed by atoms with Gasteiger partial charge in [-0.25, -0.2) is 18.7 Å². The van der Waals surface area contributed by atoms with Gasteiger partial charge in [-0.05, 0) is 37.5 Å². The number of nitrogens with one attached hydrogen (secondary N) is 1. The van der Waals surface area contributed by atoms with Crippen LogP contribution in [0.15, 0.2) is 30.6 Å². The van der Waals surface area contributed by atoms with Gasteiger partial charge in [-0.15, -0.1) is 0 Å². The molecule has 2 saturated carbocycles. The SMILES string of the molecule is Cn1c(-c2cc(F)cnc2OC2CC2)cc2cc(NC(=O)[C@@H]3C[C@@H]3F)ncc21. The Morgan fingerprint density at radius 3 is 2.75 bits per heavy atom. The van der Waals surface area contributed by atoms with Crippen LogP contribution in [-0.2, 0) is 11.8 Å². The molecule has 0 spiro atoms. The number of carbonyl (C=O) groups is 1. The van der Waals surface area contributed by atoms with Crippen molar-refractivity contribution >= 4 is 22.6 Å². The lowest BCUT2D eigenvalue weighted by molar-refractivity contribution is -0.117. The van der Waals surface area contributed by atoms with Crippen LogP contribution in [0.4, 0.5) is 14.6 Å². The Bertz CT molecular complexity index is 1090. The number of aromatic nitrogens is 3. The molecule has 2 aliphatic carbocycles. The maximum Gasteiger partial charge on any atom is 0.231 e. The second-order valence-corrected chi connectivity index (χ2v) is 7.39. The van der Waals surface area contributed by atoms with E-state index in [0.29, 0.717) is 17.3 Å². The molecule has 5 rings (SSSR count). The Balaban J connectivity index is 1.51. The van der Waals surface area contributed by atoms with Crippen LogP contribution in [0.2, 0.25) is 0 Å². The van der Waals surface area contributed by atoms with Crippen molar-refractivity contribution in [3.8, 4) is 17.1 Å². The van der Waals surface area contributed by atoms with Crippen LogP contribution in [-0.4, -0.2) is 32.7 Å². The normalized spacial score (nSPS) is 21.0. The van der Waals surface area contributed by atoms with Gasteiger partial charge in [-0.3, -0.25) is 4.79 Å². The van der Waals surface area contributed by atoms with Gasteiger partial charge >= 0.3 is 0 Å². The first-order valence-corrected chi connectivity index (χ1v) is 9.22. The average molecular weight is 384 g/mol. The zero-order chi connectivity index (χ0) is 19.4. The zero-order valence-electron chi connectivity index (χ0n) is 15.2. The molecule has 2 atom stereocenters. The van der Waals surface area contributed by atoms with Crippen molar-refractivity contribution in [3.05, 3.63) is 36.4 Å². The highest BCUT2D eigenvalue weighted by Crippen LogP contribution is 2.37. The molecule has 3 aromatic heterocycles. The van der Waals surface area contributed by atoms with E-state index < -0.39 is 17.9 Å². The van der Waals surface area contributed by atoms with Crippen molar-refractivity contribution in [2.75, 3.05) is 5.32 Å². The summed E-state index contributed by atoms with van der Waals surface area (Å²) >= 11 is 0. The molecule has 0 aromatic carbocycles. The molecular weight excluding hydrogens is 366 g/mol. The lowest BCUT2D eigenvalue weighted by Crippen LogP contribution is -2.15. The number of carbonyl (C=O) groups excluding carboxylic acids is 1. The first kappa shape index (κ1) is 17.1. The molecule has 28 heavy (non-hydrogen) atoms. The van der Waals surface area contributed by atoms with Crippen molar-refractivity contribution in [2.24, 2.45) is 13.0 Å². The maximum atomic E-state index is 13.9. The van der Waals surface area contributed by atoms with Gasteiger partial charge in [0.25, 0.3) is 0 Å². The Morgan fingerprint density at radius 1 is 1.25 bits per heavy atom. The number of halogens is 2. The van der Waals surface area contributed by atoms with Crippen molar-refractivity contribution < 1.29 is 18.3 Å². The van der Waals surface area contributed by atoms with Crippen molar-refractivity contribution in [1.29, 1.82) is 0 Å². The number of hydrogen-bond donors (Lipinski definition) is 1. The second kappa shape index (κ2) is 6.25. The van der Waals surface area contributed by atoms with Gasteiger partial charge in [0.05, 0.1) is 35.1 Å². The lowest BCUT2D eigenvalue weighted by atomic mass is 10.2. The Hall–Kier alpha value is -3.03. The smallest absolute Gasteiger partial charge is 0.231 e. The van der Waals surface area contributed by atoms with E-state index in [1.807, 2.05) is 17.7 Å². The highest BCUT2D eigenvalue weighted by Gasteiger charge is 2.43. The van der Waals surface area contributed by atoms with E-state index in [1.165, 1.54) is 6.07 Å². The number of anilines is 1. The highest BCUT2D eigenvalue weighted by atomic mass is 19.1. The van der Waals surface area contributed by atoms with Crippen LogP contribution in [0.3, 0.4) is 0 Å². The fraction of sp³-hybridized carbons (Fsp3) is 0.350. The monoisotopic (exact) mass is 384 g/mol. The van der Waals surface area contributed by atoms with E-state index in [0.717, 1.165) is 35.6 Å². The van der Waals surface area contributed by atoms with E-state index in [-0.39, 0.29) is 18.4 Å². The molecular formula is C20H18F2N4O2. The molecule has 0 radical (unpaired) electrons. The third-order valence-corrected chi connectivity index (χ3v) is 5.13. The number of ether oxygens (including phenoxy) is 1. The number of hydrogen-bond acceptors (Lipinski definition) is 4. The number of amides is 1. The zero-order valence-corrected chi connectivity index (χ0v) is 15.2. The Labute approximate surface area is 159 Å². The van der Waals surface area contributed by atoms with Crippen LogP contribution in [0.5, 0.6) is 5.88 Å².